The van der Waals surface area contributed by atoms with Crippen LogP contribution in [0.4, 0.5) is 0 Å². The van der Waals surface area contributed by atoms with E-state index < -0.39 is 12.8 Å². The topological polar surface area (TPSA) is 72.6 Å². The predicted octanol–water partition coefficient (Wildman–Crippen LogP) is -0.219. The van der Waals surface area contributed by atoms with Gasteiger partial charge in [-0.3, -0.25) is 0 Å². The van der Waals surface area contributed by atoms with Crippen molar-refractivity contribution in [1.29, 1.82) is 0 Å². The van der Waals surface area contributed by atoms with Gasteiger partial charge in [0.05, 0.1) is 0 Å². The summed E-state index contributed by atoms with van der Waals surface area (Å²) in [6, 6.07) is 1.35. The zero-order valence-electron chi connectivity index (χ0n) is 4.98. The molecule has 0 spiro atoms. The standard InChI is InChI=1S/C5H5NO4/c7-3-9-5(8)4-1-2-10-6-4/h1-2,7H,3H2. The van der Waals surface area contributed by atoms with E-state index in [1.807, 2.05) is 0 Å². The van der Waals surface area contributed by atoms with Crippen LogP contribution in [0.5, 0.6) is 0 Å². The fourth-order valence-corrected chi connectivity index (χ4v) is 0.450. The zero-order chi connectivity index (χ0) is 7.40. The lowest BCUT2D eigenvalue weighted by Gasteiger charge is -1.93. The number of aromatic nitrogens is 1. The van der Waals surface area contributed by atoms with Gasteiger partial charge in [-0.25, -0.2) is 4.79 Å². The van der Waals surface area contributed by atoms with Gasteiger partial charge in [0.15, 0.2) is 12.5 Å². The van der Waals surface area contributed by atoms with Crippen LogP contribution < -0.4 is 0 Å². The van der Waals surface area contributed by atoms with Gasteiger partial charge in [-0.15, -0.1) is 0 Å². The van der Waals surface area contributed by atoms with Crippen LogP contribution in [0.2, 0.25) is 0 Å². The average Bonchev–Trinajstić information content (AvgIpc) is 2.38. The van der Waals surface area contributed by atoms with E-state index in [4.69, 9.17) is 5.11 Å². The van der Waals surface area contributed by atoms with E-state index in [0.29, 0.717) is 0 Å². The van der Waals surface area contributed by atoms with Gasteiger partial charge in [0, 0.05) is 6.07 Å². The lowest BCUT2D eigenvalue weighted by atomic mass is 10.4. The number of aliphatic hydroxyl groups excluding tert-OH is 1. The van der Waals surface area contributed by atoms with Crippen molar-refractivity contribution < 1.29 is 19.2 Å². The van der Waals surface area contributed by atoms with E-state index in [0.717, 1.165) is 0 Å². The first-order valence-corrected chi connectivity index (χ1v) is 2.53. The molecule has 0 aromatic carbocycles. The van der Waals surface area contributed by atoms with Crippen molar-refractivity contribution in [3.05, 3.63) is 18.0 Å². The van der Waals surface area contributed by atoms with Crippen molar-refractivity contribution in [2.24, 2.45) is 0 Å². The van der Waals surface area contributed by atoms with Crippen molar-refractivity contribution in [2.75, 3.05) is 6.79 Å². The number of hydrogen-bond acceptors (Lipinski definition) is 5. The number of carbonyl (C=O) groups excluding carboxylic acids is 1. The molecule has 1 rings (SSSR count). The first-order valence-electron chi connectivity index (χ1n) is 2.53. The number of rotatable bonds is 2. The third-order valence-corrected chi connectivity index (χ3v) is 0.843. The molecule has 0 aliphatic heterocycles. The molecule has 0 unspecified atom stereocenters. The minimum absolute atomic E-state index is 0.0500. The molecule has 1 aromatic heterocycles. The highest BCUT2D eigenvalue weighted by Gasteiger charge is 2.08. The summed E-state index contributed by atoms with van der Waals surface area (Å²) in [6.07, 6.45) is 1.24. The minimum Gasteiger partial charge on any atom is -0.434 e. The van der Waals surface area contributed by atoms with Crippen LogP contribution in [0.15, 0.2) is 16.9 Å². The molecule has 0 aliphatic rings. The Morgan fingerprint density at radius 2 is 2.70 bits per heavy atom. The van der Waals surface area contributed by atoms with Crippen LogP contribution in [0.25, 0.3) is 0 Å². The van der Waals surface area contributed by atoms with Crippen LogP contribution in [0.3, 0.4) is 0 Å². The average molecular weight is 143 g/mol. The molecule has 5 nitrogen and oxygen atoms in total. The Kier molecular flexibility index (Phi) is 2.01. The van der Waals surface area contributed by atoms with Crippen LogP contribution in [-0.4, -0.2) is 23.0 Å². The van der Waals surface area contributed by atoms with Crippen molar-refractivity contribution >= 4 is 5.97 Å². The van der Waals surface area contributed by atoms with Gasteiger partial charge < -0.3 is 14.4 Å². The molecule has 1 aromatic rings. The summed E-state index contributed by atoms with van der Waals surface area (Å²) < 4.78 is 8.53. The molecule has 0 saturated heterocycles. The Morgan fingerprint density at radius 3 is 3.20 bits per heavy atom. The predicted molar refractivity (Wildman–Crippen MR) is 29.0 cm³/mol. The highest BCUT2D eigenvalue weighted by molar-refractivity contribution is 5.86. The van der Waals surface area contributed by atoms with Crippen LogP contribution >= 0.6 is 0 Å². The lowest BCUT2D eigenvalue weighted by Crippen LogP contribution is -2.05. The molecule has 54 valence electrons. The van der Waals surface area contributed by atoms with Gasteiger partial charge in [-0.2, -0.15) is 0 Å². The Balaban J connectivity index is 2.59. The molecule has 0 fully saturated rings. The summed E-state index contributed by atoms with van der Waals surface area (Å²) >= 11 is 0. The molecule has 1 heterocycles. The molecule has 0 amide bonds. The maximum atomic E-state index is 10.6. The molecule has 10 heavy (non-hydrogen) atoms. The molecular formula is C5H5NO4. The van der Waals surface area contributed by atoms with E-state index >= 15 is 0 Å². The quantitative estimate of drug-likeness (QED) is 0.457. The Morgan fingerprint density at radius 1 is 1.90 bits per heavy atom. The summed E-state index contributed by atoms with van der Waals surface area (Å²) in [5.74, 6) is -0.698. The molecule has 0 saturated carbocycles. The highest BCUT2D eigenvalue weighted by atomic mass is 16.6. The van der Waals surface area contributed by atoms with Crippen molar-refractivity contribution in [2.45, 2.75) is 0 Å². The smallest absolute Gasteiger partial charge is 0.362 e. The highest BCUT2D eigenvalue weighted by Crippen LogP contribution is 1.95. The van der Waals surface area contributed by atoms with E-state index in [-0.39, 0.29) is 5.69 Å². The normalized spacial score (nSPS) is 9.30. The van der Waals surface area contributed by atoms with Crippen LogP contribution in [-0.2, 0) is 4.74 Å². The largest absolute Gasteiger partial charge is 0.434 e. The Labute approximate surface area is 56.2 Å². The molecule has 0 bridgehead atoms. The molecule has 5 heteroatoms. The van der Waals surface area contributed by atoms with E-state index in [2.05, 4.69) is 14.4 Å². The monoisotopic (exact) mass is 143 g/mol. The summed E-state index contributed by atoms with van der Waals surface area (Å²) in [5.41, 5.74) is 0.0500. The van der Waals surface area contributed by atoms with Gasteiger partial charge in [0.2, 0.25) is 0 Å². The fourth-order valence-electron chi connectivity index (χ4n) is 0.450. The summed E-state index contributed by atoms with van der Waals surface area (Å²) in [5, 5.41) is 11.4. The van der Waals surface area contributed by atoms with E-state index in [1.165, 1.54) is 12.3 Å². The Hall–Kier alpha value is -1.36. The molecular weight excluding hydrogens is 138 g/mol. The number of esters is 1. The van der Waals surface area contributed by atoms with Gasteiger partial charge in [-0.05, 0) is 0 Å². The van der Waals surface area contributed by atoms with Crippen molar-refractivity contribution in [3.63, 3.8) is 0 Å². The van der Waals surface area contributed by atoms with Gasteiger partial charge in [0.1, 0.15) is 6.26 Å². The van der Waals surface area contributed by atoms with Crippen LogP contribution in [0.1, 0.15) is 10.5 Å². The maximum absolute atomic E-state index is 10.6. The number of hydrogen-bond donors (Lipinski definition) is 1. The molecule has 0 aliphatic carbocycles. The zero-order valence-corrected chi connectivity index (χ0v) is 4.98. The van der Waals surface area contributed by atoms with Gasteiger partial charge >= 0.3 is 5.97 Å². The number of nitrogens with zero attached hydrogens (tertiary/aromatic N) is 1. The first kappa shape index (κ1) is 6.76. The lowest BCUT2D eigenvalue weighted by molar-refractivity contribution is 0.00588. The molecule has 0 atom stereocenters. The van der Waals surface area contributed by atoms with Gasteiger partial charge in [-0.1, -0.05) is 5.16 Å². The summed E-state index contributed by atoms with van der Waals surface area (Å²) in [4.78, 5) is 10.6. The summed E-state index contributed by atoms with van der Waals surface area (Å²) in [6.45, 7) is -0.647. The second kappa shape index (κ2) is 2.98. The second-order valence-electron chi connectivity index (χ2n) is 1.45. The van der Waals surface area contributed by atoms with Crippen molar-refractivity contribution in [1.82, 2.24) is 5.16 Å². The van der Waals surface area contributed by atoms with Gasteiger partial charge in [0.25, 0.3) is 0 Å². The number of carbonyl (C=O) groups is 1. The minimum atomic E-state index is -0.698. The second-order valence-corrected chi connectivity index (χ2v) is 1.45. The summed E-state index contributed by atoms with van der Waals surface area (Å²) in [7, 11) is 0. The Bertz CT molecular complexity index is 205. The third kappa shape index (κ3) is 1.32. The van der Waals surface area contributed by atoms with E-state index in [1.54, 1.807) is 0 Å². The number of aliphatic hydroxyl groups is 1. The molecule has 0 radical (unpaired) electrons. The number of ether oxygens (including phenoxy) is 1. The molecule has 1 N–H and O–H groups in total. The third-order valence-electron chi connectivity index (χ3n) is 0.843. The van der Waals surface area contributed by atoms with Crippen molar-refractivity contribution in [3.8, 4) is 0 Å². The first-order chi connectivity index (χ1) is 4.84. The SMILES string of the molecule is O=C(OCO)c1ccon1. The maximum Gasteiger partial charge on any atom is 0.362 e. The van der Waals surface area contributed by atoms with E-state index in [9.17, 15) is 4.79 Å². The van der Waals surface area contributed by atoms with Crippen LogP contribution in [0, 0.1) is 0 Å². The fraction of sp³-hybridized carbons (Fsp3) is 0.200.